The molecule has 2 aliphatic carbocycles. The lowest BCUT2D eigenvalue weighted by Crippen LogP contribution is -2.47. The van der Waals surface area contributed by atoms with Gasteiger partial charge in [0.05, 0.1) is 46.7 Å². The first kappa shape index (κ1) is 24.2. The summed E-state index contributed by atoms with van der Waals surface area (Å²) in [6, 6.07) is 19.0. The first-order valence-electron chi connectivity index (χ1n) is 12.9. The summed E-state index contributed by atoms with van der Waals surface area (Å²) in [6.07, 6.45) is 4.40. The summed E-state index contributed by atoms with van der Waals surface area (Å²) in [5.41, 5.74) is 6.52. The van der Waals surface area contributed by atoms with Crippen LogP contribution in [0, 0.1) is 35.9 Å². The molecule has 0 spiro atoms. The van der Waals surface area contributed by atoms with Crippen molar-refractivity contribution in [1.82, 2.24) is 20.0 Å². The van der Waals surface area contributed by atoms with Crippen LogP contribution in [-0.2, 0) is 11.8 Å². The minimum atomic E-state index is -0.793. The van der Waals surface area contributed by atoms with Gasteiger partial charge < -0.3 is 5.11 Å². The molecule has 2 aromatic carbocycles. The van der Waals surface area contributed by atoms with Crippen molar-refractivity contribution in [1.29, 1.82) is 5.26 Å². The van der Waals surface area contributed by atoms with E-state index in [4.69, 9.17) is 5.10 Å². The number of allylic oxidation sites excluding steroid dienone is 1. The third-order valence-electron chi connectivity index (χ3n) is 8.36. The maximum atomic E-state index is 15.0. The van der Waals surface area contributed by atoms with Gasteiger partial charge >= 0.3 is 0 Å². The monoisotopic (exact) mass is 505 g/mol. The highest BCUT2D eigenvalue weighted by molar-refractivity contribution is 5.69. The summed E-state index contributed by atoms with van der Waals surface area (Å²) in [7, 11) is 0. The Bertz CT molecular complexity index is 1620. The molecule has 0 saturated heterocycles. The number of aliphatic hydroxyl groups excluding tert-OH is 1. The van der Waals surface area contributed by atoms with E-state index in [-0.39, 0.29) is 17.7 Å². The summed E-state index contributed by atoms with van der Waals surface area (Å²) >= 11 is 0. The maximum absolute atomic E-state index is 15.0. The van der Waals surface area contributed by atoms with Gasteiger partial charge in [0.15, 0.2) is 0 Å². The average molecular weight is 506 g/mol. The van der Waals surface area contributed by atoms with Crippen molar-refractivity contribution in [3.63, 3.8) is 0 Å². The largest absolute Gasteiger partial charge is 0.387 e. The lowest BCUT2D eigenvalue weighted by Gasteiger charge is -2.47. The fourth-order valence-electron chi connectivity index (χ4n) is 6.49. The molecule has 1 N–H and O–H groups in total. The molecule has 0 bridgehead atoms. The van der Waals surface area contributed by atoms with Crippen molar-refractivity contribution in [2.75, 3.05) is 0 Å². The molecule has 4 atom stereocenters. The van der Waals surface area contributed by atoms with E-state index in [2.05, 4.69) is 23.2 Å². The number of halogens is 1. The fourth-order valence-corrected chi connectivity index (χ4v) is 6.49. The molecule has 0 amide bonds. The Labute approximate surface area is 221 Å². The molecule has 0 radical (unpaired) electrons. The van der Waals surface area contributed by atoms with Gasteiger partial charge in [-0.2, -0.15) is 20.6 Å². The molecule has 4 aromatic rings. The molecule has 2 aliphatic rings. The minimum absolute atomic E-state index is 0.0992. The Morgan fingerprint density at radius 1 is 1.13 bits per heavy atom. The predicted octanol–water partition coefficient (Wildman–Crippen LogP) is 5.72. The highest BCUT2D eigenvalue weighted by Crippen LogP contribution is 2.53. The lowest BCUT2D eigenvalue weighted by molar-refractivity contribution is 0.0664. The van der Waals surface area contributed by atoms with E-state index in [1.807, 2.05) is 61.0 Å². The molecule has 0 aliphatic heterocycles. The smallest absolute Gasteiger partial charge is 0.132 e. The van der Waals surface area contributed by atoms with Gasteiger partial charge in [-0.25, -0.2) is 9.07 Å². The number of aromatic nitrogens is 4. The van der Waals surface area contributed by atoms with Gasteiger partial charge in [0.2, 0.25) is 0 Å². The number of aryl methyl sites for hydroxylation is 1. The number of hydrogen-bond donors (Lipinski definition) is 1. The van der Waals surface area contributed by atoms with Crippen LogP contribution in [0.2, 0.25) is 0 Å². The topological polar surface area (TPSA) is 87.6 Å². The zero-order valence-electron chi connectivity index (χ0n) is 21.6. The van der Waals surface area contributed by atoms with Gasteiger partial charge in [0.25, 0.3) is 0 Å². The second kappa shape index (κ2) is 9.00. The Hall–Kier alpha value is -4.15. The van der Waals surface area contributed by atoms with Gasteiger partial charge in [0.1, 0.15) is 5.82 Å². The Balaban J connectivity index is 1.57. The third-order valence-corrected chi connectivity index (χ3v) is 8.36. The Morgan fingerprint density at radius 2 is 1.89 bits per heavy atom. The zero-order valence-corrected chi connectivity index (χ0v) is 21.6. The van der Waals surface area contributed by atoms with Crippen LogP contribution in [0.5, 0.6) is 0 Å². The van der Waals surface area contributed by atoms with Gasteiger partial charge in [0, 0.05) is 22.1 Å². The number of hydrogen-bond acceptors (Lipinski definition) is 5. The Kier molecular flexibility index (Phi) is 5.73. The molecule has 0 saturated carbocycles. The molecule has 190 valence electrons. The van der Waals surface area contributed by atoms with Crippen molar-refractivity contribution in [2.45, 2.75) is 45.1 Å². The normalized spacial score (nSPS) is 24.2. The van der Waals surface area contributed by atoms with E-state index in [0.717, 1.165) is 40.2 Å². The van der Waals surface area contributed by atoms with Gasteiger partial charge in [-0.15, -0.1) is 0 Å². The van der Waals surface area contributed by atoms with E-state index in [9.17, 15) is 10.4 Å². The van der Waals surface area contributed by atoms with Gasteiger partial charge in [-0.05, 0) is 67.5 Å². The molecular formula is C31H28FN5O. The van der Waals surface area contributed by atoms with Gasteiger partial charge in [-0.3, -0.25) is 0 Å². The molecule has 1 unspecified atom stereocenters. The molecule has 6 rings (SSSR count). The summed E-state index contributed by atoms with van der Waals surface area (Å²) in [5, 5.41) is 33.8. The summed E-state index contributed by atoms with van der Waals surface area (Å²) in [6.45, 7) is 6.05. The van der Waals surface area contributed by atoms with Crippen LogP contribution >= 0.6 is 0 Å². The first-order chi connectivity index (χ1) is 18.3. The number of fused-ring (bicyclic) bond motifs is 3. The van der Waals surface area contributed by atoms with Crippen molar-refractivity contribution in [3.8, 4) is 34.1 Å². The van der Waals surface area contributed by atoms with E-state index < -0.39 is 11.5 Å². The number of rotatable bonds is 3. The molecule has 6 nitrogen and oxygen atoms in total. The van der Waals surface area contributed by atoms with E-state index in [1.165, 1.54) is 6.07 Å². The van der Waals surface area contributed by atoms with Crippen molar-refractivity contribution < 1.29 is 9.50 Å². The third kappa shape index (κ3) is 3.67. The Morgan fingerprint density at radius 3 is 2.61 bits per heavy atom. The minimum Gasteiger partial charge on any atom is -0.387 e. The quantitative estimate of drug-likeness (QED) is 0.385. The molecule has 0 fully saturated rings. The zero-order chi connectivity index (χ0) is 26.6. The highest BCUT2D eigenvalue weighted by Gasteiger charge is 2.50. The molecule has 2 aromatic heterocycles. The van der Waals surface area contributed by atoms with Crippen LogP contribution in [0.25, 0.3) is 28.1 Å². The van der Waals surface area contributed by atoms with Crippen LogP contribution in [0.1, 0.15) is 37.2 Å². The number of aliphatic hydroxyl groups is 1. The molecule has 38 heavy (non-hydrogen) atoms. The highest BCUT2D eigenvalue weighted by atomic mass is 19.1. The van der Waals surface area contributed by atoms with Gasteiger partial charge in [-0.1, -0.05) is 44.2 Å². The van der Waals surface area contributed by atoms with E-state index >= 15 is 4.39 Å². The van der Waals surface area contributed by atoms with E-state index in [1.54, 1.807) is 18.3 Å². The maximum Gasteiger partial charge on any atom is 0.132 e. The van der Waals surface area contributed by atoms with Crippen LogP contribution in [0.4, 0.5) is 4.39 Å². The van der Waals surface area contributed by atoms with Crippen LogP contribution in [-0.4, -0.2) is 31.2 Å². The van der Waals surface area contributed by atoms with Crippen LogP contribution in [0.15, 0.2) is 72.4 Å². The summed E-state index contributed by atoms with van der Waals surface area (Å²) in [5.74, 6) is -0.308. The standard InChI is InChI=1S/C31H28FN5O/c1-18-14-21(17-34-35-18)20-8-10-23(11-9-20)37-30-25(28(36-37)24-6-4-5-7-27(24)32)12-13-26-19(2)29(38)22(16-33)15-31(26,30)3/h4-11,14-15,17,19,26,29,38H,12-13H2,1-3H3/t19-,26-,29?,31-/m1/s1. The second-order valence-corrected chi connectivity index (χ2v) is 10.6. The lowest BCUT2D eigenvalue weighted by atomic mass is 9.57. The summed E-state index contributed by atoms with van der Waals surface area (Å²) in [4.78, 5) is 0. The average Bonchev–Trinajstić information content (AvgIpc) is 3.32. The summed E-state index contributed by atoms with van der Waals surface area (Å²) < 4.78 is 17.0. The number of nitrogens with zero attached hydrogens (tertiary/aromatic N) is 5. The van der Waals surface area contributed by atoms with Crippen molar-refractivity contribution in [2.24, 2.45) is 11.8 Å². The second-order valence-electron chi connectivity index (χ2n) is 10.6. The first-order valence-corrected chi connectivity index (χ1v) is 12.9. The fraction of sp³-hybridized carbons (Fsp3) is 0.290. The number of benzene rings is 2. The van der Waals surface area contributed by atoms with Crippen LogP contribution < -0.4 is 0 Å². The molecule has 7 heteroatoms. The van der Waals surface area contributed by atoms with Crippen LogP contribution in [0.3, 0.4) is 0 Å². The van der Waals surface area contributed by atoms with Crippen molar-refractivity contribution >= 4 is 0 Å². The number of nitriles is 1. The van der Waals surface area contributed by atoms with E-state index in [0.29, 0.717) is 23.3 Å². The predicted molar refractivity (Wildman–Crippen MR) is 143 cm³/mol. The molecular weight excluding hydrogens is 477 g/mol. The van der Waals surface area contributed by atoms with Crippen molar-refractivity contribution in [3.05, 3.63) is 95.2 Å². The molecule has 2 heterocycles. The SMILES string of the molecule is Cc1cc(-c2ccc(-n3nc(-c4ccccc4F)c4c3[C@]3(C)C=C(C#N)C(O)[C@H](C)[C@H]3CC4)cc2)cnn1.